The third kappa shape index (κ3) is 3.82. The molecule has 2 nitrogen and oxygen atoms in total. The second-order valence-corrected chi connectivity index (χ2v) is 7.43. The monoisotopic (exact) mass is 279 g/mol. The van der Waals surface area contributed by atoms with Gasteiger partial charge < -0.3 is 10.1 Å². The first-order valence-electron chi connectivity index (χ1n) is 7.01. The molecule has 0 aliphatic carbocycles. The fourth-order valence-electron chi connectivity index (χ4n) is 2.31. The van der Waals surface area contributed by atoms with Gasteiger partial charge in [0, 0.05) is 6.54 Å². The molecule has 0 radical (unpaired) electrons. The van der Waals surface area contributed by atoms with Gasteiger partial charge in [-0.15, -0.1) is 0 Å². The molecule has 1 saturated heterocycles. The lowest BCUT2D eigenvalue weighted by molar-refractivity contribution is 0.415. The molecule has 106 valence electrons. The maximum absolute atomic E-state index is 5.46. The first-order valence-corrected chi connectivity index (χ1v) is 8.16. The number of nitrogens with one attached hydrogen (secondary N) is 1. The van der Waals surface area contributed by atoms with Gasteiger partial charge in [0.25, 0.3) is 0 Å². The van der Waals surface area contributed by atoms with Crippen LogP contribution in [0.5, 0.6) is 5.75 Å². The molecule has 1 aliphatic rings. The second-order valence-electron chi connectivity index (χ2n) is 6.28. The average molecular weight is 279 g/mol. The van der Waals surface area contributed by atoms with Crippen LogP contribution in [0.1, 0.15) is 32.8 Å². The second kappa shape index (κ2) is 6.08. The molecule has 0 saturated carbocycles. The van der Waals surface area contributed by atoms with Crippen molar-refractivity contribution in [1.29, 1.82) is 0 Å². The van der Waals surface area contributed by atoms with E-state index in [0.29, 0.717) is 0 Å². The summed E-state index contributed by atoms with van der Waals surface area (Å²) in [5, 5.41) is 3.58. The van der Waals surface area contributed by atoms with Crippen molar-refractivity contribution in [2.45, 2.75) is 32.6 Å². The highest BCUT2D eigenvalue weighted by Gasteiger charge is 2.18. The molecule has 1 atom stereocenters. The minimum Gasteiger partial charge on any atom is -0.495 e. The number of hydrogen-bond donors (Lipinski definition) is 1. The van der Waals surface area contributed by atoms with Gasteiger partial charge in [0.05, 0.1) is 12.8 Å². The van der Waals surface area contributed by atoms with Gasteiger partial charge in [0.2, 0.25) is 0 Å². The summed E-state index contributed by atoms with van der Waals surface area (Å²) >= 11 is 2.06. The largest absolute Gasteiger partial charge is 0.495 e. The van der Waals surface area contributed by atoms with Gasteiger partial charge in [-0.05, 0) is 47.0 Å². The highest BCUT2D eigenvalue weighted by molar-refractivity contribution is 7.99. The highest BCUT2D eigenvalue weighted by Crippen LogP contribution is 2.32. The molecule has 1 aromatic rings. The molecule has 3 heteroatoms. The fraction of sp³-hybridized carbons (Fsp3) is 0.625. The number of anilines is 1. The number of benzene rings is 1. The number of ether oxygens (including phenoxy) is 1. The molecule has 1 fully saturated rings. The van der Waals surface area contributed by atoms with E-state index in [1.54, 1.807) is 7.11 Å². The Bertz CT molecular complexity index is 419. The molecule has 1 heterocycles. The van der Waals surface area contributed by atoms with Crippen LogP contribution >= 0.6 is 11.8 Å². The summed E-state index contributed by atoms with van der Waals surface area (Å²) in [6.45, 7) is 7.78. The Morgan fingerprint density at radius 1 is 1.37 bits per heavy atom. The Hall–Kier alpha value is -0.830. The Morgan fingerprint density at radius 2 is 2.16 bits per heavy atom. The van der Waals surface area contributed by atoms with Crippen LogP contribution in [0.3, 0.4) is 0 Å². The number of hydrogen-bond acceptors (Lipinski definition) is 3. The normalized spacial score (nSPS) is 19.5. The minimum atomic E-state index is 0.173. The minimum absolute atomic E-state index is 0.173. The Labute approximate surface area is 121 Å². The first kappa shape index (κ1) is 14.6. The van der Waals surface area contributed by atoms with Crippen LogP contribution in [0, 0.1) is 5.92 Å². The van der Waals surface area contributed by atoms with Crippen molar-refractivity contribution in [3.05, 3.63) is 23.8 Å². The molecule has 2 rings (SSSR count). The van der Waals surface area contributed by atoms with Crippen LogP contribution in [0.25, 0.3) is 0 Å². The summed E-state index contributed by atoms with van der Waals surface area (Å²) < 4.78 is 5.46. The lowest BCUT2D eigenvalue weighted by atomic mass is 9.87. The summed E-state index contributed by atoms with van der Waals surface area (Å²) in [6, 6.07) is 6.47. The lowest BCUT2D eigenvalue weighted by Gasteiger charge is -2.22. The molecule has 1 aromatic carbocycles. The molecular formula is C16H25NOS. The summed E-state index contributed by atoms with van der Waals surface area (Å²) in [5.74, 6) is 4.34. The van der Waals surface area contributed by atoms with Crippen LogP contribution in [-0.2, 0) is 5.41 Å². The zero-order chi connectivity index (χ0) is 13.9. The summed E-state index contributed by atoms with van der Waals surface area (Å²) in [4.78, 5) is 0. The van der Waals surface area contributed by atoms with Gasteiger partial charge >= 0.3 is 0 Å². The molecular weight excluding hydrogens is 254 g/mol. The van der Waals surface area contributed by atoms with E-state index in [1.807, 2.05) is 0 Å². The number of thioether (sulfide) groups is 1. The fourth-order valence-corrected chi connectivity index (χ4v) is 3.60. The molecule has 1 aliphatic heterocycles. The van der Waals surface area contributed by atoms with Crippen molar-refractivity contribution in [2.24, 2.45) is 5.92 Å². The van der Waals surface area contributed by atoms with E-state index >= 15 is 0 Å². The SMILES string of the molecule is COc1ccc(C(C)(C)C)cc1NCC1CCSC1. The van der Waals surface area contributed by atoms with Gasteiger partial charge in [0.1, 0.15) is 5.75 Å². The van der Waals surface area contributed by atoms with Crippen LogP contribution < -0.4 is 10.1 Å². The Balaban J connectivity index is 2.11. The van der Waals surface area contributed by atoms with E-state index < -0.39 is 0 Å². The lowest BCUT2D eigenvalue weighted by Crippen LogP contribution is -2.16. The number of methoxy groups -OCH3 is 1. The van der Waals surface area contributed by atoms with Crippen LogP contribution in [-0.4, -0.2) is 25.2 Å². The van der Waals surface area contributed by atoms with Crippen LogP contribution in [0.2, 0.25) is 0 Å². The van der Waals surface area contributed by atoms with E-state index in [4.69, 9.17) is 4.74 Å². The predicted octanol–water partition coefficient (Wildman–Crippen LogP) is 4.16. The van der Waals surface area contributed by atoms with E-state index in [0.717, 1.165) is 23.9 Å². The smallest absolute Gasteiger partial charge is 0.141 e. The maximum atomic E-state index is 5.46. The summed E-state index contributed by atoms with van der Waals surface area (Å²) in [6.07, 6.45) is 1.33. The van der Waals surface area contributed by atoms with Crippen molar-refractivity contribution in [1.82, 2.24) is 0 Å². The summed E-state index contributed by atoms with van der Waals surface area (Å²) in [5.41, 5.74) is 2.65. The third-order valence-corrected chi connectivity index (χ3v) is 4.90. The molecule has 0 bridgehead atoms. The Morgan fingerprint density at radius 3 is 2.74 bits per heavy atom. The van der Waals surface area contributed by atoms with Gasteiger partial charge in [-0.3, -0.25) is 0 Å². The van der Waals surface area contributed by atoms with Gasteiger partial charge in [0.15, 0.2) is 0 Å². The van der Waals surface area contributed by atoms with Crippen molar-refractivity contribution >= 4 is 17.4 Å². The average Bonchev–Trinajstić information content (AvgIpc) is 2.88. The molecule has 0 amide bonds. The predicted molar refractivity (Wildman–Crippen MR) is 85.6 cm³/mol. The van der Waals surface area contributed by atoms with E-state index in [9.17, 15) is 0 Å². The summed E-state index contributed by atoms with van der Waals surface area (Å²) in [7, 11) is 1.74. The third-order valence-electron chi connectivity index (χ3n) is 3.67. The zero-order valence-corrected chi connectivity index (χ0v) is 13.3. The molecule has 19 heavy (non-hydrogen) atoms. The van der Waals surface area contributed by atoms with Crippen molar-refractivity contribution in [3.8, 4) is 5.75 Å². The van der Waals surface area contributed by atoms with Crippen molar-refractivity contribution in [2.75, 3.05) is 30.5 Å². The van der Waals surface area contributed by atoms with Crippen molar-refractivity contribution < 1.29 is 4.74 Å². The first-order chi connectivity index (χ1) is 9.00. The van der Waals surface area contributed by atoms with Gasteiger partial charge in [-0.25, -0.2) is 0 Å². The van der Waals surface area contributed by atoms with E-state index in [2.05, 4.69) is 56.0 Å². The zero-order valence-electron chi connectivity index (χ0n) is 12.5. The van der Waals surface area contributed by atoms with Gasteiger partial charge in [-0.2, -0.15) is 11.8 Å². The van der Waals surface area contributed by atoms with E-state index in [1.165, 1.54) is 23.5 Å². The molecule has 1 unspecified atom stereocenters. The Kier molecular flexibility index (Phi) is 4.67. The van der Waals surface area contributed by atoms with Gasteiger partial charge in [-0.1, -0.05) is 26.8 Å². The molecule has 0 spiro atoms. The number of rotatable bonds is 4. The van der Waals surface area contributed by atoms with E-state index in [-0.39, 0.29) is 5.41 Å². The standard InChI is InChI=1S/C16H25NOS/c1-16(2,3)13-5-6-15(18-4)14(9-13)17-10-12-7-8-19-11-12/h5-6,9,12,17H,7-8,10-11H2,1-4H3. The highest BCUT2D eigenvalue weighted by atomic mass is 32.2. The maximum Gasteiger partial charge on any atom is 0.141 e. The van der Waals surface area contributed by atoms with Crippen LogP contribution in [0.15, 0.2) is 18.2 Å². The van der Waals surface area contributed by atoms with Crippen LogP contribution in [0.4, 0.5) is 5.69 Å². The van der Waals surface area contributed by atoms with Crippen molar-refractivity contribution in [3.63, 3.8) is 0 Å². The topological polar surface area (TPSA) is 21.3 Å². The molecule has 1 N–H and O–H groups in total. The molecule has 0 aromatic heterocycles. The quantitative estimate of drug-likeness (QED) is 0.894.